The Morgan fingerprint density at radius 2 is 0.508 bits per heavy atom. The van der Waals surface area contributed by atoms with Crippen LogP contribution in [0.25, 0.3) is 230 Å². The third kappa shape index (κ3) is 11.0. The lowest BCUT2D eigenvalue weighted by Gasteiger charge is -2.22. The number of hydrogen-bond donors (Lipinski definition) is 0. The van der Waals surface area contributed by atoms with E-state index in [2.05, 4.69) is 0 Å². The highest BCUT2D eigenvalue weighted by atomic mass is 16.3. The van der Waals surface area contributed by atoms with Crippen LogP contribution in [-0.4, -0.2) is 0 Å². The Labute approximate surface area is 747 Å². The van der Waals surface area contributed by atoms with Crippen LogP contribution in [0.2, 0.25) is 0 Å². The van der Waals surface area contributed by atoms with E-state index in [-0.39, 0.29) is 126 Å². The molecule has 3 heterocycles. The molecule has 0 fully saturated rings. The van der Waals surface area contributed by atoms with Crippen molar-refractivity contribution < 1.29 is 77.7 Å². The minimum Gasteiger partial charge on any atom is -0.456 e. The van der Waals surface area contributed by atoms with Gasteiger partial charge in [-0.1, -0.05) is 365 Å². The first kappa shape index (κ1) is 36.1. The highest BCUT2D eigenvalue weighted by Gasteiger charge is 2.37. The van der Waals surface area contributed by atoms with Crippen molar-refractivity contribution >= 4 is 141 Å². The average Bonchev–Trinajstić information content (AvgIpc) is 1.64. The Morgan fingerprint density at radius 3 is 0.941 bits per heavy atom. The molecule has 552 valence electrons. The third-order valence-corrected chi connectivity index (χ3v) is 21.6. The predicted octanol–water partition coefficient (Wildman–Crippen LogP) is 32.8. The third-order valence-electron chi connectivity index (χ3n) is 21.6. The summed E-state index contributed by atoms with van der Waals surface area (Å²) in [4.78, 5) is 0. The summed E-state index contributed by atoms with van der Waals surface area (Å²) in [5.41, 5.74) is -0.818. The van der Waals surface area contributed by atoms with Gasteiger partial charge in [0, 0.05) is 37.7 Å². The summed E-state index contributed by atoms with van der Waals surface area (Å²) in [6.45, 7) is 3.27. The lowest BCUT2D eigenvalue weighted by Crippen LogP contribution is -2.14. The van der Waals surface area contributed by atoms with Crippen molar-refractivity contribution in [1.82, 2.24) is 0 Å². The standard InChI is InChI=1S/C41H28O.C38H24O.C36H22O/c1-41(2)34-19-9-7-17-31(34)40-32(18-11-20-35(40)41)39-29-15-5-3-13-27(29)38(28-14-4-6-16-30(28)39)25-22-23-37-33(24-25)26-12-8-10-21-36(26)42-37;1-2-12-25(13-3-1)27-14-4-5-16-29(27)38-32-19-8-6-17-30(32)37(31-18-7-9-20-33(31)38)26-22-23-36-34(24-26)28-15-10-11-21-35(28)39-36;1-2-10-24-21-25(18-17-23(24)9-1)35-28-12-3-5-14-30(28)36(31-15-6-4-13-29(31)35)26-19-20-34-32(22-26)27-11-7-8-16-33(27)37-34/h3-24H,1-2H3;1-24H;1-22H/i3D,4D,5D,6D,7D,9D,11D,13D,14D,15D,16D,17D,18D,19D,20D;1D,2D,3D,4D,5D,6D,7D,8D,9D,12D,13D,14D,16D,17D,18D,19D,20D;1D,2D,3D,4D,5D,6D,9D,10D,12D,13D,14D,15D,17D,18D,21D. The number of hydrogen-bond acceptors (Lipinski definition) is 3. The van der Waals surface area contributed by atoms with Crippen LogP contribution < -0.4 is 0 Å². The number of furan rings is 3. The molecule has 0 amide bonds. The highest BCUT2D eigenvalue weighted by molar-refractivity contribution is 6.27. The fourth-order valence-corrected chi connectivity index (χ4v) is 16.5. The van der Waals surface area contributed by atoms with Gasteiger partial charge in [-0.25, -0.2) is 0 Å². The Hall–Kier alpha value is -15.2. The molecule has 0 N–H and O–H groups in total. The van der Waals surface area contributed by atoms with E-state index in [9.17, 15) is 20.6 Å². The van der Waals surface area contributed by atoms with Crippen molar-refractivity contribution in [2.45, 2.75) is 19.3 Å². The molecule has 1 aliphatic carbocycles. The molecule has 25 rings (SSSR count). The molecule has 0 spiro atoms. The molecule has 0 atom stereocenters. The molecule has 1 aliphatic rings. The maximum Gasteiger partial charge on any atom is 0.135 e. The summed E-state index contributed by atoms with van der Waals surface area (Å²) in [5, 5.41) is 0.233. The van der Waals surface area contributed by atoms with Gasteiger partial charge in [-0.2, -0.15) is 0 Å². The van der Waals surface area contributed by atoms with Crippen LogP contribution in [0.1, 0.15) is 89.4 Å². The quantitative estimate of drug-likeness (QED) is 0.149. The minimum absolute atomic E-state index is 0.0323. The molecule has 0 saturated heterocycles. The van der Waals surface area contributed by atoms with E-state index in [1.54, 1.807) is 105 Å². The number of para-hydroxylation sites is 3. The fraction of sp³-hybridized carbons (Fsp3) is 0.0261. The Balaban J connectivity index is 0.000000133. The summed E-state index contributed by atoms with van der Waals surface area (Å²) in [7, 11) is 0. The second-order valence-corrected chi connectivity index (χ2v) is 28.3. The normalized spacial score (nSPS) is 18.0. The molecule has 3 aromatic heterocycles. The zero-order chi connectivity index (χ0) is 119. The first-order chi connectivity index (χ1) is 77.8. The first-order valence-electron chi connectivity index (χ1n) is 60.4. The first-order valence-corrected chi connectivity index (χ1v) is 36.9. The Bertz CT molecular complexity index is 11000. The smallest absolute Gasteiger partial charge is 0.135 e. The van der Waals surface area contributed by atoms with Gasteiger partial charge in [0.2, 0.25) is 0 Å². The highest BCUT2D eigenvalue weighted by Crippen LogP contribution is 2.56. The largest absolute Gasteiger partial charge is 0.456 e. The van der Waals surface area contributed by atoms with Crippen molar-refractivity contribution in [3.63, 3.8) is 0 Å². The minimum atomic E-state index is -1.34. The van der Waals surface area contributed by atoms with Gasteiger partial charge in [-0.3, -0.25) is 0 Å². The molecule has 0 unspecified atom stereocenters. The van der Waals surface area contributed by atoms with Gasteiger partial charge in [0.15, 0.2) is 0 Å². The van der Waals surface area contributed by atoms with Crippen LogP contribution in [0.3, 0.4) is 0 Å². The zero-order valence-corrected chi connectivity index (χ0v) is 61.3. The Kier molecular flexibility index (Phi) is 8.44. The van der Waals surface area contributed by atoms with Crippen LogP contribution in [0.4, 0.5) is 0 Å². The van der Waals surface area contributed by atoms with E-state index in [0.717, 1.165) is 10.8 Å². The van der Waals surface area contributed by atoms with E-state index in [1.165, 1.54) is 0 Å². The molecule has 118 heavy (non-hydrogen) atoms. The molecular weight excluding hydrogens is 1430 g/mol. The molecule has 21 aromatic carbocycles. The van der Waals surface area contributed by atoms with Gasteiger partial charge in [-0.15, -0.1) is 0 Å². The molecule has 0 saturated carbocycles. The van der Waals surface area contributed by atoms with Crippen molar-refractivity contribution in [3.05, 3.63) is 423 Å². The maximum atomic E-state index is 9.50. The van der Waals surface area contributed by atoms with E-state index in [0.29, 0.717) is 66.2 Å². The van der Waals surface area contributed by atoms with Crippen LogP contribution in [0, 0.1) is 0 Å². The summed E-state index contributed by atoms with van der Waals surface area (Å²) in [5.74, 6) is 0. The summed E-state index contributed by atoms with van der Waals surface area (Å²) in [6.07, 6.45) is 0. The van der Waals surface area contributed by atoms with Gasteiger partial charge < -0.3 is 13.3 Å². The topological polar surface area (TPSA) is 39.4 Å². The van der Waals surface area contributed by atoms with Crippen molar-refractivity contribution in [2.75, 3.05) is 0 Å². The maximum absolute atomic E-state index is 9.50. The Morgan fingerprint density at radius 1 is 0.195 bits per heavy atom. The van der Waals surface area contributed by atoms with Crippen molar-refractivity contribution in [1.29, 1.82) is 0 Å². The van der Waals surface area contributed by atoms with Crippen LogP contribution in [0.5, 0.6) is 0 Å². The summed E-state index contributed by atoms with van der Waals surface area (Å²) < 4.78 is 437. The second kappa shape index (κ2) is 27.6. The van der Waals surface area contributed by atoms with Gasteiger partial charge in [-0.05, 0) is 236 Å². The van der Waals surface area contributed by atoms with E-state index in [4.69, 9.17) is 57.1 Å². The lowest BCUT2D eigenvalue weighted by atomic mass is 9.80. The van der Waals surface area contributed by atoms with Crippen LogP contribution >= 0.6 is 0 Å². The summed E-state index contributed by atoms with van der Waals surface area (Å²) in [6, 6.07) is 4.91. The molecule has 0 bridgehead atoms. The monoisotopic (exact) mass is 1550 g/mol. The molecule has 0 radical (unpaired) electrons. The molecular formula is C115H74O3. The molecule has 3 nitrogen and oxygen atoms in total. The van der Waals surface area contributed by atoms with Crippen molar-refractivity contribution in [2.24, 2.45) is 0 Å². The average molecular weight is 1550 g/mol. The SMILES string of the molecule is [2H]c1c([2H])c([2H])c(-c2c([2H])c([2H])c([2H])c([2H])c2-c2c3c([2H])c([2H])c([2H])c([2H])c3c(-c3ccc4oc5ccccc5c4c3)c3c([2H])c([2H])c([2H])c([2H])c23)c([2H])c1[2H].[2H]c1c([2H])c([2H])c2c([2H])c(-c3c4c([2H])c([2H])c([2H])c([2H])c4c(-c4ccc5oc6ccccc6c5c4)c4c([2H])c([2H])c([2H])c([2H])c34)c([2H])c([2H])c2c1[2H].[2H]c1c([2H])c([2H])c2c(c1[2H])-c1c(-c3c4c([2H])c([2H])c([2H])c([2H])c4c(-c4ccc5oc6ccccc6c5c4)c4c([2H])c([2H])c([2H])c([2H])c34)c([2H])c([2H])c([2H])c1C2(C)C. The lowest BCUT2D eigenvalue weighted by molar-refractivity contribution is 0.660. The predicted molar refractivity (Wildman–Crippen MR) is 499 cm³/mol. The van der Waals surface area contributed by atoms with E-state index in [1.807, 2.05) is 36.4 Å². The van der Waals surface area contributed by atoms with Crippen LogP contribution in [-0.2, 0) is 5.41 Å². The fourth-order valence-electron chi connectivity index (χ4n) is 16.5. The zero-order valence-electron chi connectivity index (χ0n) is 108. The van der Waals surface area contributed by atoms with Gasteiger partial charge >= 0.3 is 0 Å². The molecule has 0 aliphatic heterocycles. The molecule has 3 heteroatoms. The molecule has 24 aromatic rings. The van der Waals surface area contributed by atoms with Crippen LogP contribution in [0.15, 0.2) is 425 Å². The number of fused-ring (bicyclic) bond motifs is 19. The van der Waals surface area contributed by atoms with E-state index >= 15 is 0 Å². The number of benzene rings is 21. The van der Waals surface area contributed by atoms with Crippen molar-refractivity contribution in [3.8, 4) is 89.0 Å². The van der Waals surface area contributed by atoms with Gasteiger partial charge in [0.25, 0.3) is 0 Å². The van der Waals surface area contributed by atoms with E-state index < -0.39 is 328 Å². The number of rotatable bonds is 7. The summed E-state index contributed by atoms with van der Waals surface area (Å²) >= 11 is 0. The van der Waals surface area contributed by atoms with Gasteiger partial charge in [0.1, 0.15) is 33.5 Å². The van der Waals surface area contributed by atoms with Gasteiger partial charge in [0.05, 0.1) is 64.4 Å². The second-order valence-electron chi connectivity index (χ2n) is 28.3.